The largest absolute Gasteiger partial charge is 0.504 e. The number of benzene rings is 2. The monoisotopic (exact) mass is 431 g/mol. The molecule has 2 rings (SSSR count). The van der Waals surface area contributed by atoms with E-state index in [2.05, 4.69) is 10.6 Å². The predicted molar refractivity (Wildman–Crippen MR) is 111 cm³/mol. The second kappa shape index (κ2) is 10.7. The molecule has 0 aliphatic heterocycles. The van der Waals surface area contributed by atoms with Crippen LogP contribution >= 0.6 is 0 Å². The van der Waals surface area contributed by atoms with Gasteiger partial charge in [0.05, 0.1) is 17.7 Å². The molecule has 10 nitrogen and oxygen atoms in total. The van der Waals surface area contributed by atoms with Gasteiger partial charge in [0.2, 0.25) is 5.91 Å². The average Bonchev–Trinajstić information content (AvgIpc) is 2.75. The molecule has 2 aromatic rings. The number of hydrogen-bond donors (Lipinski definition) is 6. The van der Waals surface area contributed by atoms with Crippen LogP contribution in [0.1, 0.15) is 33.6 Å². The molecule has 10 heteroatoms. The van der Waals surface area contributed by atoms with Crippen molar-refractivity contribution in [3.05, 3.63) is 47.5 Å². The number of para-hydroxylation sites is 2. The minimum absolute atomic E-state index is 0.0595. The Labute approximate surface area is 178 Å². The van der Waals surface area contributed by atoms with Crippen LogP contribution in [-0.4, -0.2) is 69.7 Å². The minimum Gasteiger partial charge on any atom is -0.504 e. The number of likely N-dealkylation sites (N-methyl/N-ethyl adjacent to an activating group) is 1. The van der Waals surface area contributed by atoms with Crippen molar-refractivity contribution in [1.82, 2.24) is 15.5 Å². The van der Waals surface area contributed by atoms with E-state index in [0.29, 0.717) is 12.8 Å². The fourth-order valence-electron chi connectivity index (χ4n) is 2.82. The molecule has 3 amide bonds. The Morgan fingerprint density at radius 1 is 0.871 bits per heavy atom. The smallest absolute Gasteiger partial charge is 0.258 e. The number of hydrogen-bond acceptors (Lipinski definition) is 7. The summed E-state index contributed by atoms with van der Waals surface area (Å²) in [5.41, 5.74) is -0.188. The first-order chi connectivity index (χ1) is 14.8. The van der Waals surface area contributed by atoms with Crippen molar-refractivity contribution in [2.75, 3.05) is 26.7 Å². The average molecular weight is 431 g/mol. The number of phenols is 4. The standard InChI is InChI=1S/C21H25N3O7/c1-22-17(27)12-24(21(31)14-7-5-9-16(26)19(14)29)11-3-2-10-23-20(30)13-6-4-8-15(25)18(13)28/h4-9,25-26,28-29H,2-3,10-12H2,1H3,(H,22,27)(H,23,30). The maximum Gasteiger partial charge on any atom is 0.258 e. The lowest BCUT2D eigenvalue weighted by molar-refractivity contribution is -0.121. The molecule has 0 aromatic heterocycles. The molecule has 0 saturated heterocycles. The van der Waals surface area contributed by atoms with Gasteiger partial charge < -0.3 is 36.0 Å². The van der Waals surface area contributed by atoms with Gasteiger partial charge in [-0.2, -0.15) is 0 Å². The van der Waals surface area contributed by atoms with Gasteiger partial charge >= 0.3 is 0 Å². The van der Waals surface area contributed by atoms with Crippen LogP contribution in [0.2, 0.25) is 0 Å². The van der Waals surface area contributed by atoms with Crippen molar-refractivity contribution in [3.63, 3.8) is 0 Å². The Balaban J connectivity index is 1.94. The van der Waals surface area contributed by atoms with E-state index in [4.69, 9.17) is 0 Å². The van der Waals surface area contributed by atoms with Crippen LogP contribution < -0.4 is 10.6 Å². The Bertz CT molecular complexity index is 962. The summed E-state index contributed by atoms with van der Waals surface area (Å²) in [6.07, 6.45) is 0.878. The van der Waals surface area contributed by atoms with Crippen LogP contribution in [0.5, 0.6) is 23.0 Å². The van der Waals surface area contributed by atoms with Crippen molar-refractivity contribution in [2.45, 2.75) is 12.8 Å². The van der Waals surface area contributed by atoms with Crippen LogP contribution in [0.15, 0.2) is 36.4 Å². The van der Waals surface area contributed by atoms with Crippen LogP contribution in [0, 0.1) is 0 Å². The molecular weight excluding hydrogens is 406 g/mol. The van der Waals surface area contributed by atoms with E-state index in [1.165, 1.54) is 48.3 Å². The number of aromatic hydroxyl groups is 4. The van der Waals surface area contributed by atoms with Crippen LogP contribution in [-0.2, 0) is 4.79 Å². The third kappa shape index (κ3) is 6.01. The van der Waals surface area contributed by atoms with Gasteiger partial charge in [-0.25, -0.2) is 0 Å². The van der Waals surface area contributed by atoms with Crippen molar-refractivity contribution in [3.8, 4) is 23.0 Å². The van der Waals surface area contributed by atoms with Gasteiger partial charge in [0.15, 0.2) is 23.0 Å². The molecular formula is C21H25N3O7. The number of nitrogens with zero attached hydrogens (tertiary/aromatic N) is 1. The number of nitrogens with one attached hydrogen (secondary N) is 2. The molecule has 0 saturated carbocycles. The van der Waals surface area contributed by atoms with E-state index in [1.54, 1.807) is 0 Å². The van der Waals surface area contributed by atoms with Crippen molar-refractivity contribution >= 4 is 17.7 Å². The number of carbonyl (C=O) groups is 3. The van der Waals surface area contributed by atoms with Gasteiger partial charge in [0.25, 0.3) is 11.8 Å². The third-order valence-electron chi connectivity index (χ3n) is 4.55. The Morgan fingerprint density at radius 2 is 1.45 bits per heavy atom. The lowest BCUT2D eigenvalue weighted by Crippen LogP contribution is -2.40. The summed E-state index contributed by atoms with van der Waals surface area (Å²) in [6.45, 7) is 0.149. The minimum atomic E-state index is -0.620. The van der Waals surface area contributed by atoms with Crippen molar-refractivity contribution in [2.24, 2.45) is 0 Å². The van der Waals surface area contributed by atoms with Gasteiger partial charge in [0, 0.05) is 20.1 Å². The zero-order valence-electron chi connectivity index (χ0n) is 17.0. The number of carbonyl (C=O) groups excluding carboxylic acids is 3. The number of amides is 3. The maximum absolute atomic E-state index is 12.7. The fraction of sp³-hybridized carbons (Fsp3) is 0.286. The first-order valence-electron chi connectivity index (χ1n) is 9.56. The number of phenolic OH excluding ortho intramolecular Hbond substituents is 4. The molecule has 0 unspecified atom stereocenters. The van der Waals surface area contributed by atoms with Gasteiger partial charge in [-0.1, -0.05) is 12.1 Å². The molecule has 0 aliphatic rings. The molecule has 31 heavy (non-hydrogen) atoms. The SMILES string of the molecule is CNC(=O)CN(CCCCNC(=O)c1cccc(O)c1O)C(=O)c1cccc(O)c1O. The lowest BCUT2D eigenvalue weighted by Gasteiger charge is -2.22. The van der Waals surface area contributed by atoms with E-state index in [9.17, 15) is 34.8 Å². The molecule has 0 fully saturated rings. The van der Waals surface area contributed by atoms with Crippen LogP contribution in [0.3, 0.4) is 0 Å². The lowest BCUT2D eigenvalue weighted by atomic mass is 10.1. The highest BCUT2D eigenvalue weighted by Gasteiger charge is 2.22. The highest BCUT2D eigenvalue weighted by atomic mass is 16.3. The molecule has 2 aromatic carbocycles. The Kier molecular flexibility index (Phi) is 8.07. The summed E-state index contributed by atoms with van der Waals surface area (Å²) in [4.78, 5) is 37.9. The second-order valence-corrected chi connectivity index (χ2v) is 6.71. The maximum atomic E-state index is 12.7. The van der Waals surface area contributed by atoms with E-state index in [1.807, 2.05) is 0 Å². The summed E-state index contributed by atoms with van der Waals surface area (Å²) in [6, 6.07) is 8.05. The molecule has 0 atom stereocenters. The molecule has 0 heterocycles. The molecule has 0 spiro atoms. The highest BCUT2D eigenvalue weighted by Crippen LogP contribution is 2.29. The van der Waals surface area contributed by atoms with E-state index in [-0.39, 0.29) is 30.8 Å². The first-order valence-corrected chi connectivity index (χ1v) is 9.56. The summed E-state index contributed by atoms with van der Waals surface area (Å²) in [5, 5.41) is 43.8. The van der Waals surface area contributed by atoms with Gasteiger partial charge in [-0.3, -0.25) is 14.4 Å². The fourth-order valence-corrected chi connectivity index (χ4v) is 2.82. The summed E-state index contributed by atoms with van der Waals surface area (Å²) in [7, 11) is 1.43. The molecule has 166 valence electrons. The zero-order valence-corrected chi connectivity index (χ0v) is 17.0. The summed E-state index contributed by atoms with van der Waals surface area (Å²) < 4.78 is 0. The van der Waals surface area contributed by atoms with E-state index >= 15 is 0 Å². The number of unbranched alkanes of at least 4 members (excludes halogenated alkanes) is 1. The Morgan fingerprint density at radius 3 is 2.06 bits per heavy atom. The third-order valence-corrected chi connectivity index (χ3v) is 4.55. The van der Waals surface area contributed by atoms with Crippen molar-refractivity contribution in [1.29, 1.82) is 0 Å². The normalized spacial score (nSPS) is 10.4. The molecule has 0 radical (unpaired) electrons. The molecule has 0 bridgehead atoms. The summed E-state index contributed by atoms with van der Waals surface area (Å²) in [5.74, 6) is -3.49. The second-order valence-electron chi connectivity index (χ2n) is 6.71. The quantitative estimate of drug-likeness (QED) is 0.254. The zero-order chi connectivity index (χ0) is 23.0. The van der Waals surface area contributed by atoms with E-state index in [0.717, 1.165) is 0 Å². The van der Waals surface area contributed by atoms with E-state index < -0.39 is 40.7 Å². The van der Waals surface area contributed by atoms with Gasteiger partial charge in [-0.05, 0) is 37.1 Å². The number of rotatable bonds is 9. The van der Waals surface area contributed by atoms with Gasteiger partial charge in [-0.15, -0.1) is 0 Å². The highest BCUT2D eigenvalue weighted by molar-refractivity contribution is 5.99. The topological polar surface area (TPSA) is 159 Å². The Hall–Kier alpha value is -3.95. The van der Waals surface area contributed by atoms with Crippen LogP contribution in [0.25, 0.3) is 0 Å². The van der Waals surface area contributed by atoms with Crippen LogP contribution in [0.4, 0.5) is 0 Å². The molecule has 6 N–H and O–H groups in total. The molecule has 0 aliphatic carbocycles. The predicted octanol–water partition coefficient (Wildman–Crippen LogP) is 0.907. The van der Waals surface area contributed by atoms with Crippen molar-refractivity contribution < 1.29 is 34.8 Å². The summed E-state index contributed by atoms with van der Waals surface area (Å²) >= 11 is 0. The van der Waals surface area contributed by atoms with Gasteiger partial charge in [0.1, 0.15) is 0 Å². The first kappa shape index (κ1) is 23.3.